The van der Waals surface area contributed by atoms with E-state index in [9.17, 15) is 0 Å². The van der Waals surface area contributed by atoms with Crippen LogP contribution in [-0.2, 0) is 6.61 Å². The van der Waals surface area contributed by atoms with Gasteiger partial charge in [0.05, 0.1) is 0 Å². The Bertz CT molecular complexity index is 540. The molecule has 2 aromatic rings. The molecule has 0 saturated heterocycles. The van der Waals surface area contributed by atoms with Gasteiger partial charge in [0.25, 0.3) is 0 Å². The predicted octanol–water partition coefficient (Wildman–Crippen LogP) is 4.29. The van der Waals surface area contributed by atoms with Crippen molar-refractivity contribution in [1.82, 2.24) is 0 Å². The van der Waals surface area contributed by atoms with E-state index in [1.165, 1.54) is 16.7 Å². The first-order chi connectivity index (χ1) is 9.61. The van der Waals surface area contributed by atoms with Gasteiger partial charge in [-0.25, -0.2) is 0 Å². The molecule has 20 heavy (non-hydrogen) atoms. The molecule has 2 N–H and O–H groups in total. The van der Waals surface area contributed by atoms with Gasteiger partial charge in [-0.1, -0.05) is 37.3 Å². The van der Waals surface area contributed by atoms with E-state index in [1.54, 1.807) is 0 Å². The molecule has 0 radical (unpaired) electrons. The first-order valence-corrected chi connectivity index (χ1v) is 7.15. The Morgan fingerprint density at radius 3 is 2.15 bits per heavy atom. The minimum Gasteiger partial charge on any atom is -0.489 e. The van der Waals surface area contributed by atoms with Crippen LogP contribution in [0.1, 0.15) is 41.6 Å². The summed E-state index contributed by atoms with van der Waals surface area (Å²) in [5.41, 5.74) is 11.0. The van der Waals surface area contributed by atoms with Gasteiger partial charge >= 0.3 is 0 Å². The molecule has 2 heteroatoms. The third-order valence-electron chi connectivity index (χ3n) is 3.78. The van der Waals surface area contributed by atoms with Gasteiger partial charge in [0.2, 0.25) is 0 Å². The van der Waals surface area contributed by atoms with Crippen molar-refractivity contribution in [3.63, 3.8) is 0 Å². The number of benzene rings is 2. The number of ether oxygens (including phenoxy) is 1. The van der Waals surface area contributed by atoms with E-state index < -0.39 is 0 Å². The highest BCUT2D eigenvalue weighted by Gasteiger charge is 2.05. The Morgan fingerprint density at radius 2 is 1.60 bits per heavy atom. The summed E-state index contributed by atoms with van der Waals surface area (Å²) in [5.74, 6) is 0.889. The molecule has 0 heterocycles. The van der Waals surface area contributed by atoms with Crippen molar-refractivity contribution in [2.75, 3.05) is 0 Å². The van der Waals surface area contributed by atoms with Crippen molar-refractivity contribution in [2.24, 2.45) is 5.73 Å². The van der Waals surface area contributed by atoms with Crippen molar-refractivity contribution < 1.29 is 4.74 Å². The topological polar surface area (TPSA) is 35.2 Å². The van der Waals surface area contributed by atoms with Crippen LogP contribution >= 0.6 is 0 Å². The van der Waals surface area contributed by atoms with Crippen LogP contribution in [-0.4, -0.2) is 0 Å². The molecule has 0 aliphatic heterocycles. The van der Waals surface area contributed by atoms with Gasteiger partial charge in [-0.2, -0.15) is 0 Å². The zero-order valence-corrected chi connectivity index (χ0v) is 12.5. The molecule has 2 aromatic carbocycles. The maximum absolute atomic E-state index is 6.01. The fourth-order valence-corrected chi connectivity index (χ4v) is 2.28. The summed E-state index contributed by atoms with van der Waals surface area (Å²) in [7, 11) is 0. The Labute approximate surface area is 121 Å². The molecular formula is C18H23NO. The summed E-state index contributed by atoms with van der Waals surface area (Å²) >= 11 is 0. The van der Waals surface area contributed by atoms with Crippen molar-refractivity contribution in [3.05, 3.63) is 64.7 Å². The molecular weight excluding hydrogens is 246 g/mol. The highest BCUT2D eigenvalue weighted by Crippen LogP contribution is 2.20. The third-order valence-corrected chi connectivity index (χ3v) is 3.78. The standard InChI is InChI=1S/C18H23NO/c1-4-18(19)15-8-10-16(11-9-15)20-12-17-13(2)6-5-7-14(17)3/h5-11,18H,4,12,19H2,1-3H3/t18-/m1/s1. The molecule has 0 aliphatic carbocycles. The monoisotopic (exact) mass is 269 g/mol. The van der Waals surface area contributed by atoms with Crippen LogP contribution in [0.3, 0.4) is 0 Å². The summed E-state index contributed by atoms with van der Waals surface area (Å²) in [6.45, 7) is 6.94. The van der Waals surface area contributed by atoms with Gasteiger partial charge in [0, 0.05) is 6.04 Å². The molecule has 106 valence electrons. The number of aryl methyl sites for hydroxylation is 2. The molecule has 1 atom stereocenters. The van der Waals surface area contributed by atoms with Crippen LogP contribution < -0.4 is 10.5 Å². The summed E-state index contributed by atoms with van der Waals surface area (Å²) < 4.78 is 5.88. The van der Waals surface area contributed by atoms with E-state index in [0.29, 0.717) is 6.61 Å². The number of rotatable bonds is 5. The minimum atomic E-state index is 0.114. The largest absolute Gasteiger partial charge is 0.489 e. The van der Waals surface area contributed by atoms with Crippen molar-refractivity contribution in [2.45, 2.75) is 39.8 Å². The van der Waals surface area contributed by atoms with E-state index >= 15 is 0 Å². The first-order valence-electron chi connectivity index (χ1n) is 7.15. The maximum Gasteiger partial charge on any atom is 0.119 e. The Hall–Kier alpha value is -1.80. The molecule has 2 rings (SSSR count). The lowest BCUT2D eigenvalue weighted by Gasteiger charge is -2.13. The fourth-order valence-electron chi connectivity index (χ4n) is 2.28. The van der Waals surface area contributed by atoms with Crippen molar-refractivity contribution >= 4 is 0 Å². The highest BCUT2D eigenvalue weighted by molar-refractivity contribution is 5.34. The van der Waals surface area contributed by atoms with E-state index in [4.69, 9.17) is 10.5 Å². The van der Waals surface area contributed by atoms with Gasteiger partial charge < -0.3 is 10.5 Å². The molecule has 0 bridgehead atoms. The highest BCUT2D eigenvalue weighted by atomic mass is 16.5. The van der Waals surface area contributed by atoms with Gasteiger partial charge in [0.1, 0.15) is 12.4 Å². The molecule has 0 saturated carbocycles. The van der Waals surface area contributed by atoms with Crippen LogP contribution in [0, 0.1) is 13.8 Å². The van der Waals surface area contributed by atoms with E-state index in [0.717, 1.165) is 17.7 Å². The van der Waals surface area contributed by atoms with Crippen LogP contribution in [0.15, 0.2) is 42.5 Å². The second-order valence-electron chi connectivity index (χ2n) is 5.24. The summed E-state index contributed by atoms with van der Waals surface area (Å²) in [6.07, 6.45) is 0.947. The molecule has 0 aromatic heterocycles. The van der Waals surface area contributed by atoms with Crippen LogP contribution in [0.2, 0.25) is 0 Å². The second-order valence-corrected chi connectivity index (χ2v) is 5.24. The van der Waals surface area contributed by atoms with E-state index in [1.807, 2.05) is 24.3 Å². The lowest BCUT2D eigenvalue weighted by molar-refractivity contribution is 0.304. The molecule has 0 fully saturated rings. The minimum absolute atomic E-state index is 0.114. The smallest absolute Gasteiger partial charge is 0.119 e. The molecule has 0 amide bonds. The van der Waals surface area contributed by atoms with Crippen LogP contribution in [0.5, 0.6) is 5.75 Å². The predicted molar refractivity (Wildman–Crippen MR) is 83.9 cm³/mol. The average Bonchev–Trinajstić information content (AvgIpc) is 2.46. The average molecular weight is 269 g/mol. The first kappa shape index (κ1) is 14.6. The zero-order valence-electron chi connectivity index (χ0n) is 12.5. The fraction of sp³-hybridized carbons (Fsp3) is 0.333. The number of hydrogen-bond acceptors (Lipinski definition) is 2. The Kier molecular flexibility index (Phi) is 4.80. The SMILES string of the molecule is CC[C@@H](N)c1ccc(OCc2c(C)cccc2C)cc1. The molecule has 0 spiro atoms. The van der Waals surface area contributed by atoms with Gasteiger partial charge in [-0.15, -0.1) is 0 Å². The summed E-state index contributed by atoms with van der Waals surface area (Å²) in [5, 5.41) is 0. The normalized spacial score (nSPS) is 12.2. The molecule has 0 unspecified atom stereocenters. The zero-order chi connectivity index (χ0) is 14.5. The lowest BCUT2D eigenvalue weighted by Crippen LogP contribution is -2.08. The maximum atomic E-state index is 6.01. The van der Waals surface area contributed by atoms with E-state index in [2.05, 4.69) is 39.0 Å². The third kappa shape index (κ3) is 3.40. The number of hydrogen-bond donors (Lipinski definition) is 1. The Morgan fingerprint density at radius 1 is 1.00 bits per heavy atom. The number of nitrogens with two attached hydrogens (primary N) is 1. The van der Waals surface area contributed by atoms with E-state index in [-0.39, 0.29) is 6.04 Å². The van der Waals surface area contributed by atoms with Gasteiger partial charge in [0.15, 0.2) is 0 Å². The van der Waals surface area contributed by atoms with Crippen LogP contribution in [0.25, 0.3) is 0 Å². The van der Waals surface area contributed by atoms with Crippen LogP contribution in [0.4, 0.5) is 0 Å². The van der Waals surface area contributed by atoms with Crippen molar-refractivity contribution in [3.8, 4) is 5.75 Å². The molecule has 0 aliphatic rings. The van der Waals surface area contributed by atoms with Gasteiger partial charge in [-0.3, -0.25) is 0 Å². The van der Waals surface area contributed by atoms with Gasteiger partial charge in [-0.05, 0) is 54.7 Å². The Balaban J connectivity index is 2.04. The lowest BCUT2D eigenvalue weighted by atomic mass is 10.0. The quantitative estimate of drug-likeness (QED) is 0.878. The van der Waals surface area contributed by atoms with Crippen molar-refractivity contribution in [1.29, 1.82) is 0 Å². The second kappa shape index (κ2) is 6.58. The summed E-state index contributed by atoms with van der Waals surface area (Å²) in [4.78, 5) is 0. The molecule has 2 nitrogen and oxygen atoms in total. The summed E-state index contributed by atoms with van der Waals surface area (Å²) in [6, 6.07) is 14.5.